The molecule has 4 heteroatoms. The van der Waals surface area contributed by atoms with Gasteiger partial charge in [0.25, 0.3) is 5.91 Å². The van der Waals surface area contributed by atoms with E-state index in [0.29, 0.717) is 10.6 Å². The lowest BCUT2D eigenvalue weighted by molar-refractivity contribution is 0.0911. The van der Waals surface area contributed by atoms with Gasteiger partial charge in [0.05, 0.1) is 5.56 Å². The zero-order chi connectivity index (χ0) is 14.0. The van der Waals surface area contributed by atoms with Gasteiger partial charge in [-0.25, -0.2) is 0 Å². The molecule has 1 fully saturated rings. The van der Waals surface area contributed by atoms with E-state index in [1.165, 1.54) is 6.42 Å². The van der Waals surface area contributed by atoms with Gasteiger partial charge in [0.2, 0.25) is 0 Å². The van der Waals surface area contributed by atoms with Crippen molar-refractivity contribution in [2.24, 2.45) is 5.41 Å². The Morgan fingerprint density at radius 3 is 2.74 bits per heavy atom. The lowest BCUT2D eigenvalue weighted by atomic mass is 9.87. The highest BCUT2D eigenvalue weighted by molar-refractivity contribution is 6.31. The molecule has 1 aliphatic carbocycles. The molecule has 0 heterocycles. The summed E-state index contributed by atoms with van der Waals surface area (Å²) in [7, 11) is 1.81. The molecule has 3 nitrogen and oxygen atoms in total. The third-order valence-corrected chi connectivity index (χ3v) is 4.29. The monoisotopic (exact) mass is 280 g/mol. The first-order valence-corrected chi connectivity index (χ1v) is 7.10. The van der Waals surface area contributed by atoms with Gasteiger partial charge in [-0.1, -0.05) is 31.9 Å². The average molecular weight is 281 g/mol. The summed E-state index contributed by atoms with van der Waals surface area (Å²) in [5.74, 6) is -0.0492. The van der Waals surface area contributed by atoms with E-state index < -0.39 is 0 Å². The third-order valence-electron chi connectivity index (χ3n) is 4.06. The number of carbonyl (C=O) groups is 1. The first-order valence-electron chi connectivity index (χ1n) is 6.72. The zero-order valence-electron chi connectivity index (χ0n) is 11.7. The predicted octanol–water partition coefficient (Wildman–Crippen LogP) is 3.69. The third kappa shape index (κ3) is 3.03. The van der Waals surface area contributed by atoms with Crippen LogP contribution in [0.15, 0.2) is 18.2 Å². The van der Waals surface area contributed by atoms with E-state index in [1.54, 1.807) is 19.2 Å². The Hall–Kier alpha value is -1.22. The number of carbonyl (C=O) groups excluding carboxylic acids is 1. The molecule has 19 heavy (non-hydrogen) atoms. The number of amides is 1. The topological polar surface area (TPSA) is 41.1 Å². The average Bonchev–Trinajstić information content (AvgIpc) is 2.68. The van der Waals surface area contributed by atoms with Gasteiger partial charge in [0, 0.05) is 23.8 Å². The Balaban J connectivity index is 2.18. The molecule has 2 rings (SSSR count). The van der Waals surface area contributed by atoms with Gasteiger partial charge in [-0.05, 0) is 36.5 Å². The van der Waals surface area contributed by atoms with E-state index in [9.17, 15) is 4.79 Å². The van der Waals surface area contributed by atoms with Gasteiger partial charge in [-0.15, -0.1) is 0 Å². The van der Waals surface area contributed by atoms with Crippen molar-refractivity contribution in [3.8, 4) is 0 Å². The molecule has 0 bridgehead atoms. The van der Waals surface area contributed by atoms with Crippen LogP contribution in [-0.4, -0.2) is 19.0 Å². The molecule has 0 aromatic heterocycles. The molecule has 1 amide bonds. The fourth-order valence-electron chi connectivity index (χ4n) is 2.75. The summed E-state index contributed by atoms with van der Waals surface area (Å²) in [5, 5.41) is 6.76. The van der Waals surface area contributed by atoms with E-state index in [-0.39, 0.29) is 17.4 Å². The smallest absolute Gasteiger partial charge is 0.253 e. The summed E-state index contributed by atoms with van der Waals surface area (Å²) in [6.45, 7) is 4.42. The SMILES string of the molecule is CNc1ccc(Cl)cc1C(=O)NC1CCCC1(C)C. The predicted molar refractivity (Wildman–Crippen MR) is 79.9 cm³/mol. The Kier molecular flexibility index (Phi) is 4.04. The maximum Gasteiger partial charge on any atom is 0.253 e. The Labute approximate surface area is 119 Å². The second-order valence-corrected chi connectivity index (χ2v) is 6.28. The summed E-state index contributed by atoms with van der Waals surface area (Å²) in [5.41, 5.74) is 1.59. The van der Waals surface area contributed by atoms with Crippen molar-refractivity contribution in [1.29, 1.82) is 0 Å². The Morgan fingerprint density at radius 1 is 1.42 bits per heavy atom. The molecule has 0 aliphatic heterocycles. The van der Waals surface area contributed by atoms with E-state index in [4.69, 9.17) is 11.6 Å². The quantitative estimate of drug-likeness (QED) is 0.887. The number of rotatable bonds is 3. The molecule has 1 aromatic rings. The molecule has 1 atom stereocenters. The highest BCUT2D eigenvalue weighted by Gasteiger charge is 2.35. The van der Waals surface area contributed by atoms with E-state index in [1.807, 2.05) is 6.07 Å². The minimum atomic E-state index is -0.0492. The highest BCUT2D eigenvalue weighted by atomic mass is 35.5. The van der Waals surface area contributed by atoms with Crippen LogP contribution >= 0.6 is 11.6 Å². The first-order chi connectivity index (χ1) is 8.94. The molecule has 0 spiro atoms. The number of hydrogen-bond acceptors (Lipinski definition) is 2. The molecular formula is C15H21ClN2O. The fourth-order valence-corrected chi connectivity index (χ4v) is 2.92. The van der Waals surface area contributed by atoms with Gasteiger partial charge < -0.3 is 10.6 Å². The van der Waals surface area contributed by atoms with Crippen LogP contribution in [0, 0.1) is 5.41 Å². The lowest BCUT2D eigenvalue weighted by Crippen LogP contribution is -2.41. The Bertz CT molecular complexity index is 485. The van der Waals surface area contributed by atoms with Crippen molar-refractivity contribution in [2.75, 3.05) is 12.4 Å². The second kappa shape index (κ2) is 5.41. The van der Waals surface area contributed by atoms with Crippen LogP contribution < -0.4 is 10.6 Å². The van der Waals surface area contributed by atoms with Crippen molar-refractivity contribution in [2.45, 2.75) is 39.2 Å². The summed E-state index contributed by atoms with van der Waals surface area (Å²) in [6, 6.07) is 5.56. The maximum atomic E-state index is 12.4. The maximum absolute atomic E-state index is 12.4. The number of benzene rings is 1. The largest absolute Gasteiger partial charge is 0.387 e. The number of nitrogens with one attached hydrogen (secondary N) is 2. The summed E-state index contributed by atoms with van der Waals surface area (Å²) < 4.78 is 0. The van der Waals surface area contributed by atoms with Crippen molar-refractivity contribution in [3.63, 3.8) is 0 Å². The van der Waals surface area contributed by atoms with Crippen LogP contribution in [-0.2, 0) is 0 Å². The van der Waals surface area contributed by atoms with Crippen molar-refractivity contribution < 1.29 is 4.79 Å². The van der Waals surface area contributed by atoms with E-state index >= 15 is 0 Å². The fraction of sp³-hybridized carbons (Fsp3) is 0.533. The molecule has 2 N–H and O–H groups in total. The number of halogens is 1. The normalized spacial score (nSPS) is 21.2. The molecule has 0 saturated heterocycles. The molecule has 1 aliphatic rings. The Morgan fingerprint density at radius 2 is 2.16 bits per heavy atom. The molecule has 104 valence electrons. The minimum Gasteiger partial charge on any atom is -0.387 e. The van der Waals surface area contributed by atoms with Gasteiger partial charge in [-0.3, -0.25) is 4.79 Å². The second-order valence-electron chi connectivity index (χ2n) is 5.85. The van der Waals surface area contributed by atoms with Gasteiger partial charge in [-0.2, -0.15) is 0 Å². The molecule has 1 saturated carbocycles. The van der Waals surface area contributed by atoms with Gasteiger partial charge >= 0.3 is 0 Å². The zero-order valence-corrected chi connectivity index (χ0v) is 12.5. The van der Waals surface area contributed by atoms with E-state index in [0.717, 1.165) is 18.5 Å². The first kappa shape index (κ1) is 14.2. The lowest BCUT2D eigenvalue weighted by Gasteiger charge is -2.28. The van der Waals surface area contributed by atoms with Gasteiger partial charge in [0.1, 0.15) is 0 Å². The van der Waals surface area contributed by atoms with Crippen LogP contribution in [0.1, 0.15) is 43.5 Å². The molecule has 1 unspecified atom stereocenters. The van der Waals surface area contributed by atoms with Crippen LogP contribution in [0.3, 0.4) is 0 Å². The standard InChI is InChI=1S/C15H21ClN2O/c1-15(2)8-4-5-13(15)18-14(19)11-9-10(16)6-7-12(11)17-3/h6-7,9,13,17H,4-5,8H2,1-3H3,(H,18,19). The van der Waals surface area contributed by atoms with Crippen molar-refractivity contribution in [1.82, 2.24) is 5.32 Å². The minimum absolute atomic E-state index is 0.0492. The van der Waals surface area contributed by atoms with Crippen LogP contribution in [0.25, 0.3) is 0 Å². The van der Waals surface area contributed by atoms with Crippen molar-refractivity contribution in [3.05, 3.63) is 28.8 Å². The van der Waals surface area contributed by atoms with Gasteiger partial charge in [0.15, 0.2) is 0 Å². The summed E-state index contributed by atoms with van der Waals surface area (Å²) in [6.07, 6.45) is 3.38. The molecule has 1 aromatic carbocycles. The van der Waals surface area contributed by atoms with E-state index in [2.05, 4.69) is 24.5 Å². The van der Waals surface area contributed by atoms with Crippen LogP contribution in [0.2, 0.25) is 5.02 Å². The summed E-state index contributed by atoms with van der Waals surface area (Å²) >= 11 is 5.98. The molecular weight excluding hydrogens is 260 g/mol. The highest BCUT2D eigenvalue weighted by Crippen LogP contribution is 2.37. The van der Waals surface area contributed by atoms with Crippen molar-refractivity contribution >= 4 is 23.2 Å². The number of anilines is 1. The van der Waals surface area contributed by atoms with Crippen LogP contribution in [0.4, 0.5) is 5.69 Å². The summed E-state index contributed by atoms with van der Waals surface area (Å²) in [4.78, 5) is 12.4. The van der Waals surface area contributed by atoms with Crippen LogP contribution in [0.5, 0.6) is 0 Å². The number of hydrogen-bond donors (Lipinski definition) is 2. The molecule has 0 radical (unpaired) electrons.